The van der Waals surface area contributed by atoms with Crippen LogP contribution in [0.25, 0.3) is 0 Å². The van der Waals surface area contributed by atoms with Gasteiger partial charge in [0.15, 0.2) is 0 Å². The molecule has 0 aliphatic rings. The maximum absolute atomic E-state index is 12.3. The van der Waals surface area contributed by atoms with E-state index in [4.69, 9.17) is 10.4 Å². The van der Waals surface area contributed by atoms with Crippen LogP contribution in [0.5, 0.6) is 0 Å². The molecule has 0 radical (unpaired) electrons. The number of carbonyl (C=O) groups is 1. The molecule has 0 aromatic heterocycles. The summed E-state index contributed by atoms with van der Waals surface area (Å²) < 4.78 is 0. The van der Waals surface area contributed by atoms with Crippen LogP contribution in [0.4, 0.5) is 5.69 Å². The molecule has 0 heterocycles. The van der Waals surface area contributed by atoms with E-state index in [0.717, 1.165) is 10.5 Å². The molecule has 4 nitrogen and oxygen atoms in total. The first-order chi connectivity index (χ1) is 10.2. The summed E-state index contributed by atoms with van der Waals surface area (Å²) in [7, 11) is 0. The van der Waals surface area contributed by atoms with Crippen LogP contribution in [-0.4, -0.2) is 16.8 Å². The Bertz CT molecular complexity index is 663. The third-order valence-electron chi connectivity index (χ3n) is 2.82. The number of carbonyl (C=O) groups excluding carboxylic acids is 1. The van der Waals surface area contributed by atoms with Crippen LogP contribution in [0, 0.1) is 11.3 Å². The molecule has 0 aliphatic heterocycles. The summed E-state index contributed by atoms with van der Waals surface area (Å²) in [5.41, 5.74) is 2.00. The number of amides is 1. The Morgan fingerprint density at radius 3 is 2.57 bits per heavy atom. The summed E-state index contributed by atoms with van der Waals surface area (Å²) in [4.78, 5) is 13.1. The molecule has 2 rings (SSSR count). The second-order valence-corrected chi connectivity index (χ2v) is 5.27. The number of anilines is 1. The number of benzene rings is 2. The Labute approximate surface area is 127 Å². The Balaban J connectivity index is 2.14. The number of thioether (sulfide) groups is 1. The minimum Gasteiger partial charge on any atom is -0.392 e. The van der Waals surface area contributed by atoms with Crippen molar-refractivity contribution in [1.29, 1.82) is 5.26 Å². The smallest absolute Gasteiger partial charge is 0.256 e. The van der Waals surface area contributed by atoms with Crippen LogP contribution in [0.2, 0.25) is 0 Å². The van der Waals surface area contributed by atoms with Crippen molar-refractivity contribution in [3.05, 3.63) is 59.7 Å². The quantitative estimate of drug-likeness (QED) is 0.832. The van der Waals surface area contributed by atoms with Gasteiger partial charge in [-0.3, -0.25) is 4.79 Å². The summed E-state index contributed by atoms with van der Waals surface area (Å²) in [5.74, 6) is 0.0861. The number of aliphatic hydroxyl groups is 1. The molecule has 0 aliphatic carbocycles. The zero-order chi connectivity index (χ0) is 15.1. The van der Waals surface area contributed by atoms with Gasteiger partial charge in [0.05, 0.1) is 24.0 Å². The van der Waals surface area contributed by atoms with Gasteiger partial charge in [0.25, 0.3) is 5.91 Å². The number of hydrogen-bond donors (Lipinski definition) is 2. The predicted octanol–water partition coefficient (Wildman–Crippen LogP) is 3.05. The lowest BCUT2D eigenvalue weighted by Gasteiger charge is -2.09. The summed E-state index contributed by atoms with van der Waals surface area (Å²) in [6.45, 7) is -0.0259. The van der Waals surface area contributed by atoms with Crippen LogP contribution in [-0.2, 0) is 6.61 Å². The third-order valence-corrected chi connectivity index (χ3v) is 3.76. The number of hydrogen-bond acceptors (Lipinski definition) is 4. The largest absolute Gasteiger partial charge is 0.392 e. The van der Waals surface area contributed by atoms with Crippen molar-refractivity contribution in [2.75, 3.05) is 11.1 Å². The van der Waals surface area contributed by atoms with E-state index in [0.29, 0.717) is 17.0 Å². The molecule has 0 fully saturated rings. The lowest BCUT2D eigenvalue weighted by Crippen LogP contribution is -2.13. The molecule has 0 atom stereocenters. The van der Waals surface area contributed by atoms with Gasteiger partial charge in [-0.05, 0) is 29.8 Å². The molecule has 2 aromatic carbocycles. The highest BCUT2D eigenvalue weighted by Gasteiger charge is 2.11. The zero-order valence-electron chi connectivity index (χ0n) is 11.2. The Morgan fingerprint density at radius 1 is 1.19 bits per heavy atom. The molecule has 5 heteroatoms. The molecule has 2 aromatic rings. The maximum atomic E-state index is 12.3. The van der Waals surface area contributed by atoms with E-state index in [-0.39, 0.29) is 12.5 Å². The van der Waals surface area contributed by atoms with Crippen LogP contribution >= 0.6 is 11.8 Å². The minimum absolute atomic E-state index is 0.0259. The molecule has 106 valence electrons. The fourth-order valence-corrected chi connectivity index (χ4v) is 2.49. The molecule has 0 saturated carbocycles. The van der Waals surface area contributed by atoms with Gasteiger partial charge in [0.1, 0.15) is 0 Å². The summed E-state index contributed by atoms with van der Waals surface area (Å²) in [6, 6.07) is 16.2. The standard InChI is InChI=1S/C16H14N2O2S/c17-9-10-21-15-4-2-1-3-14(15)16(20)18-13-7-5-12(11-19)6-8-13/h1-8,19H,10-11H2,(H,18,20). The first-order valence-corrected chi connectivity index (χ1v) is 7.33. The van der Waals surface area contributed by atoms with E-state index in [9.17, 15) is 4.79 Å². The van der Waals surface area contributed by atoms with Gasteiger partial charge in [-0.25, -0.2) is 0 Å². The third kappa shape index (κ3) is 4.09. The number of aliphatic hydroxyl groups excluding tert-OH is 1. The van der Waals surface area contributed by atoms with Gasteiger partial charge in [-0.15, -0.1) is 11.8 Å². The first kappa shape index (κ1) is 15.1. The van der Waals surface area contributed by atoms with Crippen molar-refractivity contribution in [3.8, 4) is 6.07 Å². The first-order valence-electron chi connectivity index (χ1n) is 6.34. The normalized spacial score (nSPS) is 9.90. The summed E-state index contributed by atoms with van der Waals surface area (Å²) >= 11 is 1.34. The molecule has 0 unspecified atom stereocenters. The molecule has 0 bridgehead atoms. The summed E-state index contributed by atoms with van der Waals surface area (Å²) in [6.07, 6.45) is 0. The van der Waals surface area contributed by atoms with Crippen LogP contribution in [0.15, 0.2) is 53.4 Å². The van der Waals surface area contributed by atoms with Crippen molar-refractivity contribution in [3.63, 3.8) is 0 Å². The number of rotatable bonds is 5. The van der Waals surface area contributed by atoms with E-state index in [2.05, 4.69) is 11.4 Å². The Morgan fingerprint density at radius 2 is 1.90 bits per heavy atom. The van der Waals surface area contributed by atoms with Crippen LogP contribution < -0.4 is 5.32 Å². The average Bonchev–Trinajstić information content (AvgIpc) is 2.54. The van der Waals surface area contributed by atoms with E-state index < -0.39 is 0 Å². The topological polar surface area (TPSA) is 73.1 Å². The lowest BCUT2D eigenvalue weighted by atomic mass is 10.2. The molecule has 2 N–H and O–H groups in total. The van der Waals surface area contributed by atoms with Crippen molar-refractivity contribution in [2.45, 2.75) is 11.5 Å². The molecular formula is C16H14N2O2S. The highest BCUT2D eigenvalue weighted by molar-refractivity contribution is 7.99. The molecular weight excluding hydrogens is 284 g/mol. The van der Waals surface area contributed by atoms with Crippen molar-refractivity contribution in [2.24, 2.45) is 0 Å². The molecule has 0 saturated heterocycles. The predicted molar refractivity (Wildman–Crippen MR) is 83.1 cm³/mol. The second kappa shape index (κ2) is 7.48. The van der Waals surface area contributed by atoms with Gasteiger partial charge < -0.3 is 10.4 Å². The Kier molecular flexibility index (Phi) is 5.38. The van der Waals surface area contributed by atoms with E-state index >= 15 is 0 Å². The average molecular weight is 298 g/mol. The number of nitriles is 1. The monoisotopic (exact) mass is 298 g/mol. The van der Waals surface area contributed by atoms with Gasteiger partial charge in [-0.1, -0.05) is 24.3 Å². The highest BCUT2D eigenvalue weighted by Crippen LogP contribution is 2.23. The van der Waals surface area contributed by atoms with Gasteiger partial charge in [-0.2, -0.15) is 5.26 Å². The van der Waals surface area contributed by atoms with Crippen molar-refractivity contribution < 1.29 is 9.90 Å². The number of nitrogens with one attached hydrogen (secondary N) is 1. The summed E-state index contributed by atoms with van der Waals surface area (Å²) in [5, 5.41) is 20.5. The number of nitrogens with zero attached hydrogens (tertiary/aromatic N) is 1. The van der Waals surface area contributed by atoms with Gasteiger partial charge in [0, 0.05) is 10.6 Å². The molecule has 0 spiro atoms. The van der Waals surface area contributed by atoms with Crippen LogP contribution in [0.1, 0.15) is 15.9 Å². The zero-order valence-corrected chi connectivity index (χ0v) is 12.1. The van der Waals surface area contributed by atoms with Gasteiger partial charge >= 0.3 is 0 Å². The Hall–Kier alpha value is -2.29. The maximum Gasteiger partial charge on any atom is 0.256 e. The fourth-order valence-electron chi connectivity index (χ4n) is 1.78. The lowest BCUT2D eigenvalue weighted by molar-refractivity contribution is 0.102. The SMILES string of the molecule is N#CCSc1ccccc1C(=O)Nc1ccc(CO)cc1. The van der Waals surface area contributed by atoms with E-state index in [1.54, 1.807) is 36.4 Å². The highest BCUT2D eigenvalue weighted by atomic mass is 32.2. The molecule has 21 heavy (non-hydrogen) atoms. The van der Waals surface area contributed by atoms with Crippen LogP contribution in [0.3, 0.4) is 0 Å². The van der Waals surface area contributed by atoms with E-state index in [1.807, 2.05) is 12.1 Å². The molecule has 1 amide bonds. The van der Waals surface area contributed by atoms with Crippen molar-refractivity contribution in [1.82, 2.24) is 0 Å². The second-order valence-electron chi connectivity index (χ2n) is 4.25. The van der Waals surface area contributed by atoms with Gasteiger partial charge in [0.2, 0.25) is 0 Å². The fraction of sp³-hybridized carbons (Fsp3) is 0.125. The van der Waals surface area contributed by atoms with E-state index in [1.165, 1.54) is 11.8 Å². The minimum atomic E-state index is -0.215. The van der Waals surface area contributed by atoms with Crippen molar-refractivity contribution >= 4 is 23.4 Å².